The smallest absolute Gasteiger partial charge is 0.407 e. The standard InChI is InChI=1S/C17H15Cl2NO3/c18-13-6-7-14(15(19)10-13)16(21)8-9-20-17(22)23-11-12-4-2-1-3-5-12/h1-7,10H,8-9,11H2,(H,20,22). The SMILES string of the molecule is O=C(NCCC(=O)c1ccc(Cl)cc1Cl)OCc1ccccc1. The Labute approximate surface area is 144 Å². The van der Waals surface area contributed by atoms with Crippen LogP contribution in [0.2, 0.25) is 10.0 Å². The first-order chi connectivity index (χ1) is 11.1. The van der Waals surface area contributed by atoms with Gasteiger partial charge in [-0.15, -0.1) is 0 Å². The number of carbonyl (C=O) groups excluding carboxylic acids is 2. The van der Waals surface area contributed by atoms with Crippen LogP contribution < -0.4 is 5.32 Å². The first kappa shape index (κ1) is 17.3. The van der Waals surface area contributed by atoms with Crippen molar-refractivity contribution in [2.75, 3.05) is 6.54 Å². The van der Waals surface area contributed by atoms with Crippen molar-refractivity contribution in [3.63, 3.8) is 0 Å². The van der Waals surface area contributed by atoms with Crippen molar-refractivity contribution in [1.82, 2.24) is 5.32 Å². The van der Waals surface area contributed by atoms with Gasteiger partial charge in [-0.1, -0.05) is 53.5 Å². The zero-order chi connectivity index (χ0) is 16.7. The topological polar surface area (TPSA) is 55.4 Å². The van der Waals surface area contributed by atoms with Crippen LogP contribution in [-0.2, 0) is 11.3 Å². The highest BCUT2D eigenvalue weighted by atomic mass is 35.5. The molecule has 2 aromatic carbocycles. The molecule has 23 heavy (non-hydrogen) atoms. The number of hydrogen-bond donors (Lipinski definition) is 1. The van der Waals surface area contributed by atoms with Crippen LogP contribution in [-0.4, -0.2) is 18.4 Å². The van der Waals surface area contributed by atoms with Crippen molar-refractivity contribution in [2.24, 2.45) is 0 Å². The molecule has 0 heterocycles. The maximum Gasteiger partial charge on any atom is 0.407 e. The number of halogens is 2. The average Bonchev–Trinajstić information content (AvgIpc) is 2.53. The van der Waals surface area contributed by atoms with Gasteiger partial charge in [-0.25, -0.2) is 4.79 Å². The summed E-state index contributed by atoms with van der Waals surface area (Å²) in [5, 5.41) is 3.30. The molecule has 1 amide bonds. The fourth-order valence-electron chi connectivity index (χ4n) is 1.90. The number of nitrogens with one attached hydrogen (secondary N) is 1. The molecule has 0 saturated heterocycles. The summed E-state index contributed by atoms with van der Waals surface area (Å²) >= 11 is 11.7. The van der Waals surface area contributed by atoms with Gasteiger partial charge in [-0.3, -0.25) is 4.79 Å². The second-order valence-electron chi connectivity index (χ2n) is 4.79. The average molecular weight is 352 g/mol. The minimum absolute atomic E-state index is 0.127. The van der Waals surface area contributed by atoms with E-state index in [1.54, 1.807) is 12.1 Å². The van der Waals surface area contributed by atoms with Crippen molar-refractivity contribution in [3.05, 3.63) is 69.7 Å². The molecule has 0 radical (unpaired) electrons. The minimum atomic E-state index is -0.566. The van der Waals surface area contributed by atoms with E-state index in [-0.39, 0.29) is 25.4 Å². The van der Waals surface area contributed by atoms with Crippen LogP contribution in [0.15, 0.2) is 48.5 Å². The Morgan fingerprint density at radius 3 is 2.48 bits per heavy atom. The number of ketones is 1. The van der Waals surface area contributed by atoms with Crippen LogP contribution >= 0.6 is 23.2 Å². The molecule has 0 fully saturated rings. The van der Waals surface area contributed by atoms with Gasteiger partial charge in [-0.2, -0.15) is 0 Å². The number of hydrogen-bond acceptors (Lipinski definition) is 3. The lowest BCUT2D eigenvalue weighted by Gasteiger charge is -2.07. The summed E-state index contributed by atoms with van der Waals surface area (Å²) < 4.78 is 5.05. The second kappa shape index (κ2) is 8.56. The van der Waals surface area contributed by atoms with Gasteiger partial charge in [0, 0.05) is 23.6 Å². The van der Waals surface area contributed by atoms with Crippen LogP contribution in [0.5, 0.6) is 0 Å². The molecular weight excluding hydrogens is 337 g/mol. The number of benzene rings is 2. The highest BCUT2D eigenvalue weighted by Gasteiger charge is 2.11. The van der Waals surface area contributed by atoms with Crippen LogP contribution in [0.25, 0.3) is 0 Å². The predicted molar refractivity (Wildman–Crippen MR) is 90.0 cm³/mol. The van der Waals surface area contributed by atoms with Gasteiger partial charge in [0.1, 0.15) is 6.61 Å². The predicted octanol–water partition coefficient (Wildman–Crippen LogP) is 4.49. The number of Topliss-reactive ketones (excluding diaryl/α,β-unsaturated/α-hetero) is 1. The Morgan fingerprint density at radius 1 is 1.04 bits per heavy atom. The summed E-state index contributed by atoms with van der Waals surface area (Å²) in [6.45, 7) is 0.356. The Balaban J connectivity index is 1.73. The third-order valence-corrected chi connectivity index (χ3v) is 3.61. The molecular formula is C17H15Cl2NO3. The molecule has 0 saturated carbocycles. The quantitative estimate of drug-likeness (QED) is 0.779. The molecule has 0 unspecified atom stereocenters. The van der Waals surface area contributed by atoms with E-state index in [1.165, 1.54) is 6.07 Å². The molecule has 0 spiro atoms. The molecule has 0 aliphatic carbocycles. The first-order valence-electron chi connectivity index (χ1n) is 6.99. The summed E-state index contributed by atoms with van der Waals surface area (Å²) in [5.74, 6) is -0.171. The third kappa shape index (κ3) is 5.58. The van der Waals surface area contributed by atoms with E-state index in [4.69, 9.17) is 27.9 Å². The second-order valence-corrected chi connectivity index (χ2v) is 5.63. The van der Waals surface area contributed by atoms with Crippen LogP contribution in [0, 0.1) is 0 Å². The summed E-state index contributed by atoms with van der Waals surface area (Å²) in [5.41, 5.74) is 1.28. The van der Waals surface area contributed by atoms with Crippen molar-refractivity contribution in [3.8, 4) is 0 Å². The van der Waals surface area contributed by atoms with Crippen molar-refractivity contribution in [2.45, 2.75) is 13.0 Å². The summed E-state index contributed by atoms with van der Waals surface area (Å²) in [4.78, 5) is 23.6. The molecule has 0 aliphatic rings. The highest BCUT2D eigenvalue weighted by molar-refractivity contribution is 6.36. The first-order valence-corrected chi connectivity index (χ1v) is 7.74. The molecule has 2 aromatic rings. The molecule has 0 atom stereocenters. The molecule has 6 heteroatoms. The number of ether oxygens (including phenoxy) is 1. The van der Waals surface area contributed by atoms with Crippen LogP contribution in [0.1, 0.15) is 22.3 Å². The number of carbonyl (C=O) groups is 2. The zero-order valence-electron chi connectivity index (χ0n) is 12.2. The van der Waals surface area contributed by atoms with Crippen LogP contribution in [0.3, 0.4) is 0 Å². The van der Waals surface area contributed by atoms with E-state index in [0.29, 0.717) is 15.6 Å². The van der Waals surface area contributed by atoms with Gasteiger partial charge in [0.05, 0.1) is 5.02 Å². The van der Waals surface area contributed by atoms with Gasteiger partial charge in [0.15, 0.2) is 5.78 Å². The van der Waals surface area contributed by atoms with E-state index in [9.17, 15) is 9.59 Å². The molecule has 0 bridgehead atoms. The third-order valence-electron chi connectivity index (χ3n) is 3.07. The fourth-order valence-corrected chi connectivity index (χ4v) is 2.42. The Hall–Kier alpha value is -2.04. The summed E-state index contributed by atoms with van der Waals surface area (Å²) in [7, 11) is 0. The number of alkyl carbamates (subject to hydrolysis) is 1. The largest absolute Gasteiger partial charge is 0.445 e. The molecule has 0 aliphatic heterocycles. The Kier molecular flexibility index (Phi) is 6.44. The van der Waals surface area contributed by atoms with E-state index in [0.717, 1.165) is 5.56 Å². The van der Waals surface area contributed by atoms with Gasteiger partial charge in [0.2, 0.25) is 0 Å². The van der Waals surface area contributed by atoms with Gasteiger partial charge < -0.3 is 10.1 Å². The normalized spacial score (nSPS) is 10.2. The molecule has 2 rings (SSSR count). The molecule has 4 nitrogen and oxygen atoms in total. The monoisotopic (exact) mass is 351 g/mol. The van der Waals surface area contributed by atoms with E-state index in [1.807, 2.05) is 30.3 Å². The zero-order valence-corrected chi connectivity index (χ0v) is 13.7. The Morgan fingerprint density at radius 2 is 1.78 bits per heavy atom. The van der Waals surface area contributed by atoms with Crippen molar-refractivity contribution in [1.29, 1.82) is 0 Å². The summed E-state index contributed by atoms with van der Waals surface area (Å²) in [6.07, 6.45) is -0.439. The van der Waals surface area contributed by atoms with E-state index >= 15 is 0 Å². The van der Waals surface area contributed by atoms with E-state index < -0.39 is 6.09 Å². The minimum Gasteiger partial charge on any atom is -0.445 e. The number of amides is 1. The lowest BCUT2D eigenvalue weighted by Crippen LogP contribution is -2.26. The molecule has 120 valence electrons. The van der Waals surface area contributed by atoms with Crippen LogP contribution in [0.4, 0.5) is 4.79 Å². The lowest BCUT2D eigenvalue weighted by atomic mass is 10.1. The van der Waals surface area contributed by atoms with Gasteiger partial charge in [-0.05, 0) is 23.8 Å². The van der Waals surface area contributed by atoms with Gasteiger partial charge >= 0.3 is 6.09 Å². The molecule has 1 N–H and O–H groups in total. The molecule has 0 aromatic heterocycles. The Bertz CT molecular complexity index is 689. The van der Waals surface area contributed by atoms with Crippen molar-refractivity contribution < 1.29 is 14.3 Å². The maximum absolute atomic E-state index is 12.0. The van der Waals surface area contributed by atoms with E-state index in [2.05, 4.69) is 5.32 Å². The van der Waals surface area contributed by atoms with Gasteiger partial charge in [0.25, 0.3) is 0 Å². The van der Waals surface area contributed by atoms with Crippen molar-refractivity contribution >= 4 is 35.1 Å². The number of rotatable bonds is 6. The summed E-state index contributed by atoms with van der Waals surface area (Å²) in [6, 6.07) is 14.0. The lowest BCUT2D eigenvalue weighted by molar-refractivity contribution is 0.0980. The highest BCUT2D eigenvalue weighted by Crippen LogP contribution is 2.21. The fraction of sp³-hybridized carbons (Fsp3) is 0.176. The maximum atomic E-state index is 12.0.